The van der Waals surface area contributed by atoms with Crippen LogP contribution in [0.25, 0.3) is 11.1 Å². The lowest BCUT2D eigenvalue weighted by atomic mass is 9.67. The van der Waals surface area contributed by atoms with E-state index in [0.29, 0.717) is 11.5 Å². The van der Waals surface area contributed by atoms with Gasteiger partial charge in [0, 0.05) is 12.1 Å². The first-order valence-electron chi connectivity index (χ1n) is 23.4. The van der Waals surface area contributed by atoms with Gasteiger partial charge in [-0.25, -0.2) is 19.2 Å². The zero-order chi connectivity index (χ0) is 54.5. The van der Waals surface area contributed by atoms with Crippen LogP contribution in [0.1, 0.15) is 97.9 Å². The number of allylic oxidation sites excluding steroid dienone is 1. The number of hydrogen-bond donors (Lipinski definition) is 4. The van der Waals surface area contributed by atoms with Crippen molar-refractivity contribution in [1.29, 1.82) is 0 Å². The number of fused-ring (bicyclic) bond motifs is 3. The molecule has 74 heavy (non-hydrogen) atoms. The van der Waals surface area contributed by atoms with Gasteiger partial charge in [-0.2, -0.15) is 0 Å². The van der Waals surface area contributed by atoms with Crippen LogP contribution in [0.5, 0.6) is 34.5 Å². The molecule has 0 bridgehead atoms. The van der Waals surface area contributed by atoms with Crippen molar-refractivity contribution >= 4 is 47.4 Å². The van der Waals surface area contributed by atoms with Gasteiger partial charge in [-0.05, 0) is 143 Å². The molecule has 0 fully saturated rings. The van der Waals surface area contributed by atoms with Crippen LogP contribution in [0, 0.1) is 0 Å². The molecule has 1 aliphatic rings. The van der Waals surface area contributed by atoms with E-state index in [-0.39, 0.29) is 45.7 Å². The molecule has 0 saturated carbocycles. The minimum Gasteiger partial charge on any atom is -0.457 e. The molecular weight excluding hydrogens is 949 g/mol. The third-order valence-corrected chi connectivity index (χ3v) is 10.1. The number of carbonyl (C=O) groups is 4. The largest absolute Gasteiger partial charge is 0.518 e. The number of nitrogen functional groups attached to an aromatic ring is 4. The van der Waals surface area contributed by atoms with Gasteiger partial charge < -0.3 is 65.6 Å². The summed E-state index contributed by atoms with van der Waals surface area (Å²) >= 11 is 0. The van der Waals surface area contributed by atoms with Crippen molar-refractivity contribution in [1.82, 2.24) is 0 Å². The molecule has 390 valence electrons. The maximum absolute atomic E-state index is 12.4. The lowest BCUT2D eigenvalue weighted by Crippen LogP contribution is -2.29. The first-order chi connectivity index (χ1) is 34.9. The number of methoxy groups -OCH3 is 1. The number of rotatable bonds is 9. The summed E-state index contributed by atoms with van der Waals surface area (Å²) in [5.41, 5.74) is 30.0. The summed E-state index contributed by atoms with van der Waals surface area (Å²) in [5, 5.41) is 0. The average Bonchev–Trinajstić information content (AvgIpc) is 3.62. The maximum Gasteiger partial charge on any atom is 0.518 e. The second-order valence-corrected chi connectivity index (χ2v) is 18.9. The smallest absolute Gasteiger partial charge is 0.457 e. The molecule has 0 saturated heterocycles. The molecule has 17 heteroatoms. The molecule has 6 aromatic carbocycles. The van der Waals surface area contributed by atoms with E-state index in [4.69, 9.17) is 60.8 Å². The summed E-state index contributed by atoms with van der Waals surface area (Å²) in [7, 11) is 1.19. The first-order valence-corrected chi connectivity index (χ1v) is 23.4. The van der Waals surface area contributed by atoms with Gasteiger partial charge in [0.15, 0.2) is 23.0 Å². The Morgan fingerprint density at radius 2 is 0.851 bits per heavy atom. The molecule has 0 aromatic heterocycles. The van der Waals surface area contributed by atoms with Gasteiger partial charge in [-0.3, -0.25) is 0 Å². The number of hydrogen-bond acceptors (Lipinski definition) is 17. The molecule has 0 unspecified atom stereocenters. The highest BCUT2D eigenvalue weighted by molar-refractivity contribution is 5.87. The van der Waals surface area contributed by atoms with E-state index in [2.05, 4.69) is 42.8 Å². The molecule has 7 rings (SSSR count). The topological polar surface area (TPSA) is 255 Å². The summed E-state index contributed by atoms with van der Waals surface area (Å²) in [6.07, 6.45) is -0.907. The SMILES string of the molecule is CC(C)=COC(=O)Oc1ccc(C2(c3ccc(OC(=O)OC(C)(C)C)c(N)c3)c3ccccc3-c3ccccc32)cc1N.CCC.COC(=O)Oc1ccc(Oc2ccc(OC(=O)OC(C)(C)C)c(N)c2)cc1N. The summed E-state index contributed by atoms with van der Waals surface area (Å²) in [6, 6.07) is 36.0. The van der Waals surface area contributed by atoms with Crippen LogP contribution in [-0.2, 0) is 24.4 Å². The van der Waals surface area contributed by atoms with E-state index >= 15 is 0 Å². The lowest BCUT2D eigenvalue weighted by Gasteiger charge is -2.34. The second kappa shape index (κ2) is 24.0. The van der Waals surface area contributed by atoms with Gasteiger partial charge in [-0.15, -0.1) is 0 Å². The Morgan fingerprint density at radius 1 is 0.500 bits per heavy atom. The van der Waals surface area contributed by atoms with Crippen LogP contribution in [0.4, 0.5) is 41.9 Å². The van der Waals surface area contributed by atoms with Crippen molar-refractivity contribution in [2.75, 3.05) is 30.0 Å². The van der Waals surface area contributed by atoms with Gasteiger partial charge in [-0.1, -0.05) is 80.9 Å². The fourth-order valence-corrected chi connectivity index (χ4v) is 7.41. The Labute approximate surface area is 431 Å². The van der Waals surface area contributed by atoms with Gasteiger partial charge in [0.05, 0.1) is 41.5 Å². The van der Waals surface area contributed by atoms with E-state index in [1.807, 2.05) is 36.4 Å². The fourth-order valence-electron chi connectivity index (χ4n) is 7.41. The highest BCUT2D eigenvalue weighted by atomic mass is 16.7. The molecule has 0 amide bonds. The molecule has 1 aliphatic carbocycles. The van der Waals surface area contributed by atoms with Gasteiger partial charge in [0.25, 0.3) is 0 Å². The minimum absolute atomic E-state index is 0.139. The molecule has 8 N–H and O–H groups in total. The number of ether oxygens (including phenoxy) is 9. The van der Waals surface area contributed by atoms with Crippen molar-refractivity contribution in [3.05, 3.63) is 155 Å². The van der Waals surface area contributed by atoms with Crippen molar-refractivity contribution < 1.29 is 61.8 Å². The van der Waals surface area contributed by atoms with Crippen molar-refractivity contribution in [3.63, 3.8) is 0 Å². The van der Waals surface area contributed by atoms with E-state index in [9.17, 15) is 19.2 Å². The predicted molar refractivity (Wildman–Crippen MR) is 284 cm³/mol. The molecule has 0 radical (unpaired) electrons. The van der Waals surface area contributed by atoms with Gasteiger partial charge >= 0.3 is 24.6 Å². The summed E-state index contributed by atoms with van der Waals surface area (Å²) in [5.74, 6) is 1.41. The Kier molecular flexibility index (Phi) is 18.2. The molecule has 6 aromatic rings. The minimum atomic E-state index is -0.889. The van der Waals surface area contributed by atoms with Gasteiger partial charge in [0.1, 0.15) is 22.7 Å². The summed E-state index contributed by atoms with van der Waals surface area (Å²) < 4.78 is 46.3. The van der Waals surface area contributed by atoms with Crippen molar-refractivity contribution in [3.8, 4) is 45.6 Å². The predicted octanol–water partition coefficient (Wildman–Crippen LogP) is 13.5. The zero-order valence-electron chi connectivity index (χ0n) is 43.4. The van der Waals surface area contributed by atoms with E-state index in [0.717, 1.165) is 39.0 Å². The number of carbonyl (C=O) groups excluding carboxylic acids is 4. The van der Waals surface area contributed by atoms with Crippen LogP contribution >= 0.6 is 0 Å². The highest BCUT2D eigenvalue weighted by Gasteiger charge is 2.46. The monoisotopic (exact) mass is 1010 g/mol. The van der Waals surface area contributed by atoms with Crippen molar-refractivity contribution in [2.24, 2.45) is 0 Å². The molecule has 0 spiro atoms. The lowest BCUT2D eigenvalue weighted by molar-refractivity contribution is 0.0194. The third kappa shape index (κ3) is 14.4. The molecule has 0 atom stereocenters. The van der Waals surface area contributed by atoms with E-state index in [1.54, 1.807) is 91.8 Å². The maximum atomic E-state index is 12.4. The number of anilines is 4. The first kappa shape index (κ1) is 56.1. The molecule has 17 nitrogen and oxygen atoms in total. The van der Waals surface area contributed by atoms with Crippen LogP contribution < -0.4 is 46.6 Å². The average molecular weight is 1010 g/mol. The Bertz CT molecular complexity index is 2980. The fraction of sp³-hybridized carbons (Fsp3) is 0.263. The Morgan fingerprint density at radius 3 is 1.20 bits per heavy atom. The second-order valence-electron chi connectivity index (χ2n) is 18.9. The third-order valence-electron chi connectivity index (χ3n) is 10.1. The summed E-state index contributed by atoms with van der Waals surface area (Å²) in [6.45, 7) is 18.3. The van der Waals surface area contributed by atoms with Crippen LogP contribution in [0.3, 0.4) is 0 Å². The quantitative estimate of drug-likeness (QED) is 0.0344. The number of benzene rings is 6. The van der Waals surface area contributed by atoms with E-state index in [1.165, 1.54) is 44.1 Å². The normalized spacial score (nSPS) is 11.8. The molecular formula is C57H64N4O13. The molecule has 0 heterocycles. The standard InChI is InChI=1S/C35H34N2O6.C19H22N2O7.C3H8/c1-21(2)20-40-32(38)41-30-16-14-22(18-28(30)36)35(26-12-8-6-10-24(26)25-11-7-9-13-27(25)35)23-15-17-31(29(37)19-23)42-33(39)43-34(3,4)5;1-19(2,3)28-18(23)27-16-8-6-12(10-14(16)21)25-11-5-7-15(13(20)9-11)26-17(22)24-4;1-3-2/h6-20H,36-37H2,1-5H3;5-10H,20-21H2,1-4H3;3H2,1-2H3. The number of nitrogens with two attached hydrogens (primary N) is 4. The highest BCUT2D eigenvalue weighted by Crippen LogP contribution is 2.57. The zero-order valence-corrected chi connectivity index (χ0v) is 43.4. The Balaban J connectivity index is 0.000000283. The van der Waals surface area contributed by atoms with Crippen molar-refractivity contribution in [2.45, 2.75) is 92.3 Å². The van der Waals surface area contributed by atoms with Gasteiger partial charge in [0.2, 0.25) is 0 Å². The van der Waals surface area contributed by atoms with Crippen LogP contribution in [0.15, 0.2) is 133 Å². The van der Waals surface area contributed by atoms with Crippen LogP contribution in [-0.4, -0.2) is 42.9 Å². The van der Waals surface area contributed by atoms with Crippen LogP contribution in [0.2, 0.25) is 0 Å². The summed E-state index contributed by atoms with van der Waals surface area (Å²) in [4.78, 5) is 47.5. The molecule has 0 aliphatic heterocycles. The Hall–Kier alpha value is -8.86. The van der Waals surface area contributed by atoms with E-state index < -0.39 is 41.2 Å².